The van der Waals surface area contributed by atoms with Crippen molar-refractivity contribution in [3.05, 3.63) is 0 Å². The van der Waals surface area contributed by atoms with Gasteiger partial charge in [-0.3, -0.25) is 4.90 Å². The molecule has 6 heteroatoms. The molecule has 0 unspecified atom stereocenters. The Morgan fingerprint density at radius 2 is 2.10 bits per heavy atom. The number of urea groups is 1. The first-order valence-corrected chi connectivity index (χ1v) is 6.77. The van der Waals surface area contributed by atoms with E-state index in [9.17, 15) is 9.59 Å². The predicted octanol–water partition coefficient (Wildman–Crippen LogP) is 1.32. The molecule has 1 rings (SSSR count). The van der Waals surface area contributed by atoms with Crippen molar-refractivity contribution < 1.29 is 14.3 Å². The maximum atomic E-state index is 12.1. The lowest BCUT2D eigenvalue weighted by molar-refractivity contribution is 0.0258. The van der Waals surface area contributed by atoms with Crippen molar-refractivity contribution in [2.45, 2.75) is 51.8 Å². The second-order valence-corrected chi connectivity index (χ2v) is 5.75. The maximum Gasteiger partial charge on any atom is 0.411 e. The van der Waals surface area contributed by atoms with Gasteiger partial charge >= 0.3 is 12.1 Å². The minimum absolute atomic E-state index is 0.157. The van der Waals surface area contributed by atoms with Crippen LogP contribution < -0.4 is 10.6 Å². The number of rotatable bonds is 2. The molecule has 0 aromatic heterocycles. The normalized spacial score (nSPS) is 22.1. The second-order valence-electron chi connectivity index (χ2n) is 5.75. The summed E-state index contributed by atoms with van der Waals surface area (Å²) in [5.41, 5.74) is -0.568. The fourth-order valence-electron chi connectivity index (χ4n) is 2.02. The Labute approximate surface area is 120 Å². The molecule has 1 fully saturated rings. The molecule has 3 amide bonds. The van der Waals surface area contributed by atoms with Crippen LogP contribution in [0, 0.1) is 12.3 Å². The van der Waals surface area contributed by atoms with Crippen LogP contribution in [0.5, 0.6) is 0 Å². The first kappa shape index (κ1) is 16.2. The van der Waals surface area contributed by atoms with E-state index in [1.165, 1.54) is 4.90 Å². The summed E-state index contributed by atoms with van der Waals surface area (Å²) in [7, 11) is 0. The maximum absolute atomic E-state index is 12.1. The van der Waals surface area contributed by atoms with E-state index >= 15 is 0 Å². The van der Waals surface area contributed by atoms with Crippen molar-refractivity contribution in [1.82, 2.24) is 15.5 Å². The summed E-state index contributed by atoms with van der Waals surface area (Å²) in [4.78, 5) is 25.0. The van der Waals surface area contributed by atoms with Crippen molar-refractivity contribution in [1.29, 1.82) is 0 Å². The molecule has 112 valence electrons. The van der Waals surface area contributed by atoms with Crippen LogP contribution in [0.15, 0.2) is 0 Å². The van der Waals surface area contributed by atoms with Crippen LogP contribution in [-0.4, -0.2) is 47.8 Å². The number of amides is 3. The van der Waals surface area contributed by atoms with Gasteiger partial charge in [-0.05, 0) is 27.7 Å². The highest BCUT2D eigenvalue weighted by atomic mass is 16.6. The molecule has 1 aliphatic heterocycles. The summed E-state index contributed by atoms with van der Waals surface area (Å²) < 4.78 is 5.32. The molecule has 1 aliphatic rings. The van der Waals surface area contributed by atoms with Gasteiger partial charge < -0.3 is 15.4 Å². The largest absolute Gasteiger partial charge is 0.444 e. The molecule has 0 aromatic carbocycles. The van der Waals surface area contributed by atoms with E-state index in [1.54, 1.807) is 20.8 Å². The average Bonchev–Trinajstić information content (AvgIpc) is 2.70. The zero-order valence-electron chi connectivity index (χ0n) is 12.5. The highest BCUT2D eigenvalue weighted by Gasteiger charge is 2.37. The Bertz CT molecular complexity index is 409. The number of likely N-dealkylation sites (tertiary alicyclic amines) is 1. The van der Waals surface area contributed by atoms with E-state index in [0.29, 0.717) is 19.5 Å². The van der Waals surface area contributed by atoms with Gasteiger partial charge in [0.05, 0.1) is 12.1 Å². The average molecular weight is 281 g/mol. The lowest BCUT2D eigenvalue weighted by atomic mass is 10.2. The van der Waals surface area contributed by atoms with E-state index in [-0.39, 0.29) is 18.1 Å². The minimum Gasteiger partial charge on any atom is -0.444 e. The third kappa shape index (κ3) is 4.65. The van der Waals surface area contributed by atoms with Crippen LogP contribution in [0.2, 0.25) is 0 Å². The highest BCUT2D eigenvalue weighted by Crippen LogP contribution is 2.20. The molecule has 2 atom stereocenters. The summed E-state index contributed by atoms with van der Waals surface area (Å²) >= 11 is 0. The van der Waals surface area contributed by atoms with Crippen molar-refractivity contribution in [2.24, 2.45) is 0 Å². The van der Waals surface area contributed by atoms with Gasteiger partial charge in [-0.25, -0.2) is 9.59 Å². The topological polar surface area (TPSA) is 70.7 Å². The van der Waals surface area contributed by atoms with Gasteiger partial charge in [0.25, 0.3) is 0 Å². The van der Waals surface area contributed by atoms with Crippen LogP contribution in [0.25, 0.3) is 0 Å². The summed E-state index contributed by atoms with van der Waals surface area (Å²) in [6, 6.07) is -0.758. The lowest BCUT2D eigenvalue weighted by Crippen LogP contribution is -2.44. The second kappa shape index (κ2) is 6.51. The molecular formula is C14H23N3O3. The fraction of sp³-hybridized carbons (Fsp3) is 0.714. The first-order valence-electron chi connectivity index (χ1n) is 6.77. The Kier molecular flexibility index (Phi) is 5.26. The number of nitrogens with one attached hydrogen (secondary N) is 2. The summed E-state index contributed by atoms with van der Waals surface area (Å²) in [5.74, 6) is 2.57. The van der Waals surface area contributed by atoms with Crippen molar-refractivity contribution in [3.63, 3.8) is 0 Å². The number of carbonyl (C=O) groups excluding carboxylic acids is 2. The van der Waals surface area contributed by atoms with Gasteiger partial charge in [0.15, 0.2) is 0 Å². The molecule has 0 aromatic rings. The molecule has 20 heavy (non-hydrogen) atoms. The van der Waals surface area contributed by atoms with E-state index in [0.717, 1.165) is 0 Å². The highest BCUT2D eigenvalue weighted by molar-refractivity contribution is 5.75. The summed E-state index contributed by atoms with van der Waals surface area (Å²) in [6.45, 7) is 8.15. The standard InChI is InChI=1S/C14H23N3O3/c1-6-11-8-10(16-12(18)15-7-2)9-17(11)13(19)20-14(3,4)5/h1,10-11H,7-9H2,2-5H3,(H2,15,16,18)/t10-,11-/m1/s1. The Balaban J connectivity index is 2.62. The fourth-order valence-corrected chi connectivity index (χ4v) is 2.02. The van der Waals surface area contributed by atoms with Crippen LogP contribution >= 0.6 is 0 Å². The number of ether oxygens (including phenoxy) is 1. The van der Waals surface area contributed by atoms with E-state index in [2.05, 4.69) is 16.6 Å². The molecule has 1 saturated heterocycles. The zero-order valence-corrected chi connectivity index (χ0v) is 12.5. The zero-order chi connectivity index (χ0) is 15.3. The molecule has 0 aliphatic carbocycles. The summed E-state index contributed by atoms with van der Waals surface area (Å²) in [5, 5.41) is 5.45. The van der Waals surface area contributed by atoms with Crippen LogP contribution in [0.1, 0.15) is 34.1 Å². The monoisotopic (exact) mass is 281 g/mol. The van der Waals surface area contributed by atoms with Crippen molar-refractivity contribution >= 4 is 12.1 Å². The van der Waals surface area contributed by atoms with Crippen molar-refractivity contribution in [2.75, 3.05) is 13.1 Å². The van der Waals surface area contributed by atoms with E-state index < -0.39 is 11.7 Å². The SMILES string of the molecule is C#C[C@@H]1C[C@@H](NC(=O)NCC)CN1C(=O)OC(C)(C)C. The smallest absolute Gasteiger partial charge is 0.411 e. The minimum atomic E-state index is -0.568. The van der Waals surface area contributed by atoms with Gasteiger partial charge in [-0.2, -0.15) is 0 Å². The Morgan fingerprint density at radius 3 is 2.60 bits per heavy atom. The quantitative estimate of drug-likeness (QED) is 0.750. The molecule has 0 radical (unpaired) electrons. The number of hydrogen-bond donors (Lipinski definition) is 2. The third-order valence-corrected chi connectivity index (χ3v) is 2.79. The lowest BCUT2D eigenvalue weighted by Gasteiger charge is -2.26. The van der Waals surface area contributed by atoms with Gasteiger partial charge in [0.1, 0.15) is 5.60 Å². The molecule has 1 heterocycles. The van der Waals surface area contributed by atoms with Crippen LogP contribution in [-0.2, 0) is 4.74 Å². The van der Waals surface area contributed by atoms with Crippen LogP contribution in [0.4, 0.5) is 9.59 Å². The Hall–Kier alpha value is -1.90. The van der Waals surface area contributed by atoms with Crippen LogP contribution in [0.3, 0.4) is 0 Å². The van der Waals surface area contributed by atoms with Gasteiger partial charge in [0, 0.05) is 19.5 Å². The molecule has 0 saturated carbocycles. The molecule has 0 spiro atoms. The van der Waals surface area contributed by atoms with Gasteiger partial charge in [-0.1, -0.05) is 5.92 Å². The first-order chi connectivity index (χ1) is 9.26. The molecule has 6 nitrogen and oxygen atoms in total. The number of terminal acetylenes is 1. The predicted molar refractivity (Wildman–Crippen MR) is 76.2 cm³/mol. The van der Waals surface area contributed by atoms with Gasteiger partial charge in [-0.15, -0.1) is 6.42 Å². The van der Waals surface area contributed by atoms with E-state index in [4.69, 9.17) is 11.2 Å². The third-order valence-electron chi connectivity index (χ3n) is 2.79. The molecular weight excluding hydrogens is 258 g/mol. The number of carbonyl (C=O) groups is 2. The summed E-state index contributed by atoms with van der Waals surface area (Å²) in [6.07, 6.45) is 5.54. The number of hydrogen-bond acceptors (Lipinski definition) is 3. The Morgan fingerprint density at radius 1 is 1.45 bits per heavy atom. The van der Waals surface area contributed by atoms with E-state index in [1.807, 2.05) is 6.92 Å². The molecule has 0 bridgehead atoms. The number of nitrogens with zero attached hydrogens (tertiary/aromatic N) is 1. The molecule has 2 N–H and O–H groups in total. The van der Waals surface area contributed by atoms with Gasteiger partial charge in [0.2, 0.25) is 0 Å². The van der Waals surface area contributed by atoms with Crippen molar-refractivity contribution in [3.8, 4) is 12.3 Å².